The Balaban J connectivity index is 0.000000277. The van der Waals surface area contributed by atoms with Crippen molar-refractivity contribution in [3.8, 4) is 0 Å². The van der Waals surface area contributed by atoms with Gasteiger partial charge in [0.25, 0.3) is 0 Å². The quantitative estimate of drug-likeness (QED) is 0.888. The molecule has 3 nitrogen and oxygen atoms in total. The smallest absolute Gasteiger partial charge is 0.220 e. The number of nitrogens with one attached hydrogen (secondary N) is 1. The first-order chi connectivity index (χ1) is 11.1. The SMILES string of the molecule is CCc1ccccc1.[2H]C(C)C(=O)NC(CO)c1ccccc1. The highest BCUT2D eigenvalue weighted by molar-refractivity contribution is 5.76. The molecule has 0 aliphatic carbocycles. The molecule has 118 valence electrons. The lowest BCUT2D eigenvalue weighted by atomic mass is 10.1. The van der Waals surface area contributed by atoms with Crippen LogP contribution >= 0.6 is 0 Å². The zero-order valence-electron chi connectivity index (χ0n) is 14.2. The van der Waals surface area contributed by atoms with Crippen molar-refractivity contribution in [3.05, 3.63) is 71.8 Å². The number of rotatable bonds is 5. The predicted octanol–water partition coefficient (Wildman–Crippen LogP) is 3.50. The number of carbonyl (C=O) groups is 1. The molecule has 0 fully saturated rings. The molecule has 22 heavy (non-hydrogen) atoms. The van der Waals surface area contributed by atoms with Gasteiger partial charge >= 0.3 is 0 Å². The molecule has 0 saturated heterocycles. The first kappa shape index (κ1) is 16.2. The minimum Gasteiger partial charge on any atom is -0.394 e. The topological polar surface area (TPSA) is 49.3 Å². The standard InChI is InChI=1S/C11H15NO2.C8H10/c1-2-11(14)12-10(8-13)9-6-4-3-5-7-9;1-2-8-6-4-3-5-7-8/h3-7,10,13H,2,8H2,1H3,(H,12,14);3-7H,2H2,1H3/i2D;. The Morgan fingerprint density at radius 1 is 1.09 bits per heavy atom. The second kappa shape index (κ2) is 10.6. The minimum atomic E-state index is -0.817. The molecule has 2 N–H and O–H groups in total. The molecule has 0 heterocycles. The maximum absolute atomic E-state index is 11.3. The summed E-state index contributed by atoms with van der Waals surface area (Å²) in [5.41, 5.74) is 2.25. The third-order valence-corrected chi connectivity index (χ3v) is 3.21. The second-order valence-corrected chi connectivity index (χ2v) is 4.78. The highest BCUT2D eigenvalue weighted by Crippen LogP contribution is 2.11. The van der Waals surface area contributed by atoms with E-state index in [0.717, 1.165) is 12.0 Å². The van der Waals surface area contributed by atoms with Crippen LogP contribution in [0, 0.1) is 0 Å². The summed E-state index contributed by atoms with van der Waals surface area (Å²) in [6.45, 7) is 3.49. The summed E-state index contributed by atoms with van der Waals surface area (Å²) in [6.07, 6.45) is 0.323. The van der Waals surface area contributed by atoms with Gasteiger partial charge < -0.3 is 10.4 Å². The summed E-state index contributed by atoms with van der Waals surface area (Å²) in [5, 5.41) is 11.7. The predicted molar refractivity (Wildman–Crippen MR) is 90.5 cm³/mol. The van der Waals surface area contributed by atoms with E-state index in [1.54, 1.807) is 0 Å². The molecule has 2 rings (SSSR count). The first-order valence-electron chi connectivity index (χ1n) is 8.08. The Hall–Kier alpha value is -2.13. The van der Waals surface area contributed by atoms with Gasteiger partial charge in [0.05, 0.1) is 12.6 Å². The zero-order valence-corrected chi connectivity index (χ0v) is 13.2. The number of carbonyl (C=O) groups excluding carboxylic acids is 1. The highest BCUT2D eigenvalue weighted by atomic mass is 16.3. The molecule has 3 heteroatoms. The fourth-order valence-corrected chi connectivity index (χ4v) is 1.89. The van der Waals surface area contributed by atoms with E-state index in [2.05, 4.69) is 36.5 Å². The van der Waals surface area contributed by atoms with Crippen LogP contribution in [0.5, 0.6) is 0 Å². The van der Waals surface area contributed by atoms with Crippen LogP contribution in [0.3, 0.4) is 0 Å². The maximum Gasteiger partial charge on any atom is 0.220 e. The summed E-state index contributed by atoms with van der Waals surface area (Å²) in [7, 11) is 0. The monoisotopic (exact) mass is 300 g/mol. The second-order valence-electron chi connectivity index (χ2n) is 4.78. The van der Waals surface area contributed by atoms with Gasteiger partial charge in [-0.15, -0.1) is 0 Å². The molecular weight excluding hydrogens is 274 g/mol. The number of aryl methyl sites for hydroxylation is 1. The number of aliphatic hydroxyl groups is 1. The lowest BCUT2D eigenvalue weighted by Crippen LogP contribution is -2.29. The third-order valence-electron chi connectivity index (χ3n) is 3.21. The van der Waals surface area contributed by atoms with Crippen molar-refractivity contribution in [3.63, 3.8) is 0 Å². The molecule has 2 unspecified atom stereocenters. The Bertz CT molecular complexity index is 558. The molecule has 1 amide bonds. The Labute approximate surface area is 134 Å². The van der Waals surface area contributed by atoms with Crippen LogP contribution in [-0.4, -0.2) is 17.6 Å². The highest BCUT2D eigenvalue weighted by Gasteiger charge is 2.11. The van der Waals surface area contributed by atoms with Crippen LogP contribution < -0.4 is 5.32 Å². The average molecular weight is 300 g/mol. The Morgan fingerprint density at radius 2 is 1.64 bits per heavy atom. The molecule has 2 aromatic rings. The lowest BCUT2D eigenvalue weighted by molar-refractivity contribution is -0.121. The molecule has 0 aromatic heterocycles. The number of benzene rings is 2. The summed E-state index contributed by atoms with van der Waals surface area (Å²) < 4.78 is 7.22. The van der Waals surface area contributed by atoms with E-state index in [9.17, 15) is 4.79 Å². The maximum atomic E-state index is 11.3. The summed E-state index contributed by atoms with van der Waals surface area (Å²) in [6, 6.07) is 19.2. The van der Waals surface area contributed by atoms with Crippen molar-refractivity contribution in [2.24, 2.45) is 0 Å². The molecule has 0 radical (unpaired) electrons. The van der Waals surface area contributed by atoms with Gasteiger partial charge in [-0.1, -0.05) is 74.5 Å². The van der Waals surface area contributed by atoms with Crippen LogP contribution in [0.1, 0.15) is 38.8 Å². The third kappa shape index (κ3) is 6.55. The average Bonchev–Trinajstić information content (AvgIpc) is 2.61. The van der Waals surface area contributed by atoms with Crippen molar-refractivity contribution >= 4 is 5.91 Å². The zero-order chi connectivity index (χ0) is 17.1. The number of aliphatic hydroxyl groups excluding tert-OH is 1. The van der Waals surface area contributed by atoms with Gasteiger partial charge in [0.1, 0.15) is 0 Å². The molecule has 0 bridgehead atoms. The van der Waals surface area contributed by atoms with Crippen molar-refractivity contribution in [1.29, 1.82) is 0 Å². The molecule has 0 aliphatic rings. The van der Waals surface area contributed by atoms with Gasteiger partial charge in [-0.05, 0) is 17.5 Å². The van der Waals surface area contributed by atoms with Crippen LogP contribution in [-0.2, 0) is 11.2 Å². The van der Waals surface area contributed by atoms with Crippen LogP contribution in [0.15, 0.2) is 60.7 Å². The van der Waals surface area contributed by atoms with E-state index in [0.29, 0.717) is 0 Å². The van der Waals surface area contributed by atoms with Crippen molar-refractivity contribution in [2.75, 3.05) is 6.61 Å². The largest absolute Gasteiger partial charge is 0.394 e. The van der Waals surface area contributed by atoms with Gasteiger partial charge in [0.2, 0.25) is 5.91 Å². The van der Waals surface area contributed by atoms with Gasteiger partial charge in [0, 0.05) is 7.77 Å². The molecule has 0 spiro atoms. The normalized spacial score (nSPS) is 13.1. The fraction of sp³-hybridized carbons (Fsp3) is 0.316. The molecule has 2 aromatic carbocycles. The summed E-state index contributed by atoms with van der Waals surface area (Å²) in [5.74, 6) is -0.377. The summed E-state index contributed by atoms with van der Waals surface area (Å²) >= 11 is 0. The summed E-state index contributed by atoms with van der Waals surface area (Å²) in [4.78, 5) is 11.3. The van der Waals surface area contributed by atoms with E-state index in [1.165, 1.54) is 12.5 Å². The number of hydrogen-bond acceptors (Lipinski definition) is 2. The van der Waals surface area contributed by atoms with Gasteiger partial charge in [-0.2, -0.15) is 0 Å². The van der Waals surface area contributed by atoms with Crippen molar-refractivity contribution in [2.45, 2.75) is 32.7 Å². The molecule has 0 aliphatic heterocycles. The van der Waals surface area contributed by atoms with E-state index < -0.39 is 12.4 Å². The Morgan fingerprint density at radius 3 is 2.05 bits per heavy atom. The van der Waals surface area contributed by atoms with Crippen LogP contribution in [0.2, 0.25) is 0 Å². The van der Waals surface area contributed by atoms with Gasteiger partial charge in [-0.3, -0.25) is 4.79 Å². The van der Waals surface area contributed by atoms with Crippen molar-refractivity contribution in [1.82, 2.24) is 5.32 Å². The van der Waals surface area contributed by atoms with Gasteiger partial charge in [-0.25, -0.2) is 0 Å². The van der Waals surface area contributed by atoms with E-state index in [1.807, 2.05) is 36.4 Å². The number of amides is 1. The fourth-order valence-electron chi connectivity index (χ4n) is 1.89. The van der Waals surface area contributed by atoms with Crippen molar-refractivity contribution < 1.29 is 11.3 Å². The van der Waals surface area contributed by atoms with E-state index >= 15 is 0 Å². The minimum absolute atomic E-state index is 0.164. The molecular formula is C19H25NO2. The van der Waals surface area contributed by atoms with Crippen LogP contribution in [0.25, 0.3) is 0 Å². The van der Waals surface area contributed by atoms with Crippen LogP contribution in [0.4, 0.5) is 0 Å². The molecule has 2 atom stereocenters. The van der Waals surface area contributed by atoms with Gasteiger partial charge in [0.15, 0.2) is 0 Å². The lowest BCUT2D eigenvalue weighted by Gasteiger charge is -2.15. The Kier molecular flexibility index (Phi) is 7.81. The molecule has 0 saturated carbocycles. The first-order valence-corrected chi connectivity index (χ1v) is 7.50. The number of hydrogen-bond donors (Lipinski definition) is 2. The van der Waals surface area contributed by atoms with E-state index in [4.69, 9.17) is 6.48 Å². The van der Waals surface area contributed by atoms with E-state index in [-0.39, 0.29) is 12.5 Å².